The van der Waals surface area contributed by atoms with Gasteiger partial charge in [-0.1, -0.05) is 84.9 Å². The Morgan fingerprint density at radius 1 is 0.903 bits per heavy atom. The number of imide groups is 1. The van der Waals surface area contributed by atoms with E-state index in [4.69, 9.17) is 0 Å². The molecule has 0 aromatic heterocycles. The first-order chi connectivity index (χ1) is 15.1. The van der Waals surface area contributed by atoms with Gasteiger partial charge < -0.3 is 5.32 Å². The fourth-order valence-corrected chi connectivity index (χ4v) is 4.95. The van der Waals surface area contributed by atoms with E-state index in [0.29, 0.717) is 0 Å². The number of carbonyl (C=O) groups excluding carboxylic acids is 2. The second kappa shape index (κ2) is 7.67. The summed E-state index contributed by atoms with van der Waals surface area (Å²) in [5.41, 5.74) is 2.94. The monoisotopic (exact) mass is 411 g/mol. The third-order valence-corrected chi connectivity index (χ3v) is 6.52. The zero-order chi connectivity index (χ0) is 21.4. The molecule has 1 saturated heterocycles. The molecule has 1 N–H and O–H groups in total. The number of nitrogens with zero attached hydrogens (tertiary/aromatic N) is 2. The van der Waals surface area contributed by atoms with E-state index in [0.717, 1.165) is 24.0 Å². The number of amides is 3. The van der Waals surface area contributed by atoms with Crippen LogP contribution in [0.2, 0.25) is 0 Å². The molecule has 5 rings (SSSR count). The highest BCUT2D eigenvalue weighted by atomic mass is 16.2. The van der Waals surface area contributed by atoms with Crippen molar-refractivity contribution in [2.75, 3.05) is 13.7 Å². The van der Waals surface area contributed by atoms with Gasteiger partial charge in [-0.25, -0.2) is 9.69 Å². The lowest BCUT2D eigenvalue weighted by Gasteiger charge is -2.30. The minimum absolute atomic E-state index is 0.195. The maximum atomic E-state index is 13.9. The molecule has 3 aromatic carbocycles. The highest BCUT2D eigenvalue weighted by Gasteiger charge is 2.54. The highest BCUT2D eigenvalue weighted by Crippen LogP contribution is 2.38. The fraction of sp³-hybridized carbons (Fsp3) is 0.231. The van der Waals surface area contributed by atoms with Crippen molar-refractivity contribution < 1.29 is 9.59 Å². The summed E-state index contributed by atoms with van der Waals surface area (Å²) in [6.07, 6.45) is 2.01. The second-order valence-corrected chi connectivity index (χ2v) is 8.30. The van der Waals surface area contributed by atoms with Gasteiger partial charge in [0.1, 0.15) is 0 Å². The van der Waals surface area contributed by atoms with E-state index in [-0.39, 0.29) is 24.6 Å². The van der Waals surface area contributed by atoms with Crippen molar-refractivity contribution in [3.8, 4) is 0 Å². The van der Waals surface area contributed by atoms with Crippen molar-refractivity contribution in [2.45, 2.75) is 24.4 Å². The van der Waals surface area contributed by atoms with E-state index in [1.807, 2.05) is 67.7 Å². The lowest BCUT2D eigenvalue weighted by molar-refractivity contribution is -0.131. The van der Waals surface area contributed by atoms with Gasteiger partial charge >= 0.3 is 6.03 Å². The van der Waals surface area contributed by atoms with Crippen LogP contribution < -0.4 is 5.32 Å². The minimum atomic E-state index is -1.21. The van der Waals surface area contributed by atoms with E-state index in [1.165, 1.54) is 16.0 Å². The summed E-state index contributed by atoms with van der Waals surface area (Å²) in [5.74, 6) is -0.243. The van der Waals surface area contributed by atoms with Gasteiger partial charge in [-0.2, -0.15) is 0 Å². The summed E-state index contributed by atoms with van der Waals surface area (Å²) in [4.78, 5) is 30.4. The summed E-state index contributed by atoms with van der Waals surface area (Å²) in [6.45, 7) is 0.241. The standard InChI is InChI=1S/C26H25N3O2/c1-28(23-17-16-19-10-8-9-15-22(19)23)18-29-24(30)26(27-25(29)31,20-11-4-2-5-12-20)21-13-6-3-7-14-21/h2-15,23H,16-18H2,1H3,(H,27,31)/t23-/m0/s1. The number of fused-ring (bicyclic) bond motifs is 1. The summed E-state index contributed by atoms with van der Waals surface area (Å²) < 4.78 is 0. The number of aryl methyl sites for hydroxylation is 1. The Morgan fingerprint density at radius 3 is 2.13 bits per heavy atom. The largest absolute Gasteiger partial charge is 0.326 e. The Bertz CT molecular complexity index is 1070. The van der Waals surface area contributed by atoms with E-state index in [2.05, 4.69) is 34.5 Å². The van der Waals surface area contributed by atoms with Crippen molar-refractivity contribution in [3.05, 3.63) is 107 Å². The zero-order valence-electron chi connectivity index (χ0n) is 17.5. The van der Waals surface area contributed by atoms with Gasteiger partial charge in [0.2, 0.25) is 0 Å². The third kappa shape index (κ3) is 3.13. The summed E-state index contributed by atoms with van der Waals surface area (Å²) in [5, 5.41) is 3.03. The lowest BCUT2D eigenvalue weighted by atomic mass is 9.83. The first-order valence-electron chi connectivity index (χ1n) is 10.6. The molecule has 31 heavy (non-hydrogen) atoms. The minimum Gasteiger partial charge on any atom is -0.315 e. The Balaban J connectivity index is 1.48. The molecule has 0 bridgehead atoms. The molecule has 156 valence electrons. The molecule has 0 saturated carbocycles. The molecule has 1 atom stereocenters. The maximum Gasteiger partial charge on any atom is 0.326 e. The Morgan fingerprint density at radius 2 is 1.48 bits per heavy atom. The molecule has 5 nitrogen and oxygen atoms in total. The van der Waals surface area contributed by atoms with E-state index in [1.54, 1.807) is 0 Å². The average Bonchev–Trinajstić information content (AvgIpc) is 3.35. The summed E-state index contributed by atoms with van der Waals surface area (Å²) in [7, 11) is 1.98. The van der Waals surface area contributed by atoms with Crippen LogP contribution in [0.3, 0.4) is 0 Å². The van der Waals surface area contributed by atoms with Crippen molar-refractivity contribution in [1.29, 1.82) is 0 Å². The van der Waals surface area contributed by atoms with Gasteiger partial charge in [0, 0.05) is 6.04 Å². The molecular formula is C26H25N3O2. The molecule has 1 aliphatic heterocycles. The molecule has 1 fully saturated rings. The number of urea groups is 1. The second-order valence-electron chi connectivity index (χ2n) is 8.30. The maximum absolute atomic E-state index is 13.9. The Hall–Kier alpha value is -3.44. The van der Waals surface area contributed by atoms with Crippen molar-refractivity contribution in [2.24, 2.45) is 0 Å². The average molecular weight is 412 g/mol. The van der Waals surface area contributed by atoms with Crippen LogP contribution in [0, 0.1) is 0 Å². The molecule has 0 unspecified atom stereocenters. The zero-order valence-corrected chi connectivity index (χ0v) is 17.5. The van der Waals surface area contributed by atoms with Crippen molar-refractivity contribution in [3.63, 3.8) is 0 Å². The normalized spacial score (nSPS) is 19.5. The Labute approximate surface area is 182 Å². The number of carbonyl (C=O) groups is 2. The number of rotatable bonds is 5. The van der Waals surface area contributed by atoms with Crippen LogP contribution in [0.15, 0.2) is 84.9 Å². The van der Waals surface area contributed by atoms with Gasteiger partial charge in [0.05, 0.1) is 6.67 Å². The summed E-state index contributed by atoms with van der Waals surface area (Å²) >= 11 is 0. The van der Waals surface area contributed by atoms with Crippen LogP contribution in [0.4, 0.5) is 4.79 Å². The SMILES string of the molecule is CN(CN1C(=O)NC(c2ccccc2)(c2ccccc2)C1=O)[C@H]1CCc2ccccc21. The number of hydrogen-bond donors (Lipinski definition) is 1. The molecule has 3 aromatic rings. The summed E-state index contributed by atoms with van der Waals surface area (Å²) in [6, 6.07) is 27.2. The molecule has 5 heteroatoms. The fourth-order valence-electron chi connectivity index (χ4n) is 4.95. The van der Waals surface area contributed by atoms with Crippen LogP contribution >= 0.6 is 0 Å². The van der Waals surface area contributed by atoms with Crippen molar-refractivity contribution >= 4 is 11.9 Å². The topological polar surface area (TPSA) is 52.6 Å². The first-order valence-corrected chi connectivity index (χ1v) is 10.6. The van der Waals surface area contributed by atoms with Crippen LogP contribution in [0.5, 0.6) is 0 Å². The smallest absolute Gasteiger partial charge is 0.315 e. The van der Waals surface area contributed by atoms with Crippen LogP contribution in [0.1, 0.15) is 34.7 Å². The molecule has 1 aliphatic carbocycles. The molecular weight excluding hydrogens is 386 g/mol. The number of hydrogen-bond acceptors (Lipinski definition) is 3. The van der Waals surface area contributed by atoms with E-state index >= 15 is 0 Å². The molecule has 0 spiro atoms. The highest BCUT2D eigenvalue weighted by molar-refractivity contribution is 6.09. The van der Waals surface area contributed by atoms with Crippen LogP contribution in [-0.2, 0) is 16.8 Å². The number of benzene rings is 3. The lowest BCUT2D eigenvalue weighted by Crippen LogP contribution is -2.46. The predicted molar refractivity (Wildman–Crippen MR) is 119 cm³/mol. The molecule has 0 radical (unpaired) electrons. The van der Waals surface area contributed by atoms with Gasteiger partial charge in [0.15, 0.2) is 5.54 Å². The van der Waals surface area contributed by atoms with Gasteiger partial charge in [-0.05, 0) is 42.1 Å². The van der Waals surface area contributed by atoms with Gasteiger partial charge in [-0.3, -0.25) is 9.69 Å². The van der Waals surface area contributed by atoms with Gasteiger partial charge in [-0.15, -0.1) is 0 Å². The van der Waals surface area contributed by atoms with Crippen LogP contribution in [0.25, 0.3) is 0 Å². The first kappa shape index (κ1) is 19.5. The van der Waals surface area contributed by atoms with Crippen LogP contribution in [-0.4, -0.2) is 35.5 Å². The molecule has 2 aliphatic rings. The third-order valence-electron chi connectivity index (χ3n) is 6.52. The van der Waals surface area contributed by atoms with Crippen molar-refractivity contribution in [1.82, 2.24) is 15.1 Å². The quantitative estimate of drug-likeness (QED) is 0.644. The van der Waals surface area contributed by atoms with E-state index < -0.39 is 5.54 Å². The number of nitrogens with one attached hydrogen (secondary N) is 1. The Kier molecular flexibility index (Phi) is 4.83. The van der Waals surface area contributed by atoms with E-state index in [9.17, 15) is 9.59 Å². The molecule has 1 heterocycles. The molecule has 3 amide bonds. The predicted octanol–water partition coefficient (Wildman–Crippen LogP) is 4.06. The van der Waals surface area contributed by atoms with Gasteiger partial charge in [0.25, 0.3) is 5.91 Å².